The molecule has 0 N–H and O–H groups in total. The molecule has 14 rings (SSSR count). The van der Waals surface area contributed by atoms with Gasteiger partial charge in [-0.15, -0.1) is 0 Å². The van der Waals surface area contributed by atoms with E-state index in [0.717, 1.165) is 45.3 Å². The molecule has 1 aromatic heterocycles. The number of benzene rings is 11. The number of rotatable bonds is 7. The van der Waals surface area contributed by atoms with Crippen molar-refractivity contribution < 1.29 is 0 Å². The lowest BCUT2D eigenvalue weighted by molar-refractivity contribution is 0.793. The fourth-order valence-electron chi connectivity index (χ4n) is 11.9. The van der Waals surface area contributed by atoms with E-state index in [1.807, 2.05) is 0 Å². The maximum atomic E-state index is 2.51. The normalized spacial score (nSPS) is 14.2. The molecule has 12 aromatic rings. The van der Waals surface area contributed by atoms with Crippen molar-refractivity contribution in [1.29, 1.82) is 0 Å². The monoisotopic (exact) mass is 865 g/mol. The van der Waals surface area contributed by atoms with E-state index >= 15 is 0 Å². The Morgan fingerprint density at radius 2 is 0.838 bits per heavy atom. The first-order valence-corrected chi connectivity index (χ1v) is 23.5. The van der Waals surface area contributed by atoms with Gasteiger partial charge in [-0.1, -0.05) is 188 Å². The predicted octanol–water partition coefficient (Wildman–Crippen LogP) is 17.2. The number of fused-ring (bicyclic) bond motifs is 14. The molecule has 0 amide bonds. The van der Waals surface area contributed by atoms with Gasteiger partial charge in [-0.05, 0) is 112 Å². The number of hydrogen-bond acceptors (Lipinski definition) is 2. The molecule has 0 saturated heterocycles. The second-order valence-electron chi connectivity index (χ2n) is 18.0. The van der Waals surface area contributed by atoms with Gasteiger partial charge in [-0.2, -0.15) is 0 Å². The Morgan fingerprint density at radius 1 is 0.309 bits per heavy atom. The highest BCUT2D eigenvalue weighted by molar-refractivity contribution is 6.11. The lowest BCUT2D eigenvalue weighted by atomic mass is 9.70. The van der Waals surface area contributed by atoms with E-state index in [4.69, 9.17) is 0 Å². The number of para-hydroxylation sites is 4. The molecule has 1 heterocycles. The molecule has 1 atom stereocenters. The molecule has 0 aliphatic heterocycles. The van der Waals surface area contributed by atoms with Crippen LogP contribution in [0.5, 0.6) is 0 Å². The van der Waals surface area contributed by atoms with Crippen LogP contribution in [0.25, 0.3) is 60.5 Å². The van der Waals surface area contributed by atoms with Gasteiger partial charge in [0.2, 0.25) is 0 Å². The Kier molecular flexibility index (Phi) is 8.50. The van der Waals surface area contributed by atoms with E-state index in [0.29, 0.717) is 0 Å². The zero-order valence-corrected chi connectivity index (χ0v) is 37.2. The maximum absolute atomic E-state index is 2.51. The highest BCUT2D eigenvalue weighted by Gasteiger charge is 2.54. The first-order chi connectivity index (χ1) is 33.8. The van der Waals surface area contributed by atoms with Crippen molar-refractivity contribution >= 4 is 66.7 Å². The predicted molar refractivity (Wildman–Crippen MR) is 284 cm³/mol. The van der Waals surface area contributed by atoms with E-state index in [9.17, 15) is 0 Å². The van der Waals surface area contributed by atoms with Crippen molar-refractivity contribution in [3.8, 4) is 27.9 Å². The number of nitrogens with zero attached hydrogens (tertiary/aromatic N) is 3. The minimum absolute atomic E-state index is 0.645. The van der Waals surface area contributed by atoms with Gasteiger partial charge in [0.25, 0.3) is 0 Å². The zero-order chi connectivity index (χ0) is 44.8. The van der Waals surface area contributed by atoms with Crippen LogP contribution in [0.2, 0.25) is 0 Å². The SMILES string of the molecule is c1ccc(N(c2ccc3c4ccccc4n(-c4ccccc4)c3c2)c2cccc3c2-c2ccccc2C32c3ccccc3-c3cccc(N(c4ccccc4)c4cccc5ccccc45)c32)cc1. The Hall–Kier alpha value is -8.92. The molecule has 1 unspecified atom stereocenters. The Balaban J connectivity index is 1.07. The quantitative estimate of drug-likeness (QED) is 0.158. The standard InChI is InChI=1S/C65H43N3/c1-4-23-45(24-5-1)66(48-41-42-52-51-31-14-17-37-59(51)68(62(52)43-48)47-27-8-3-9-28-47)60-39-20-36-57-63(60)54-32-13-16-35-56(54)65(57)55-34-15-12-30-50(55)53-33-19-40-61(64(53)65)67(46-25-6-2-7-26-46)58-38-18-22-44-21-10-11-29-49(44)58/h1-43H. The van der Waals surface area contributed by atoms with E-state index in [1.165, 1.54) is 71.6 Å². The highest BCUT2D eigenvalue weighted by Crippen LogP contribution is 2.67. The summed E-state index contributed by atoms with van der Waals surface area (Å²) in [5.74, 6) is 0. The molecule has 2 aliphatic carbocycles. The number of hydrogen-bond donors (Lipinski definition) is 0. The van der Waals surface area contributed by atoms with Crippen LogP contribution in [0.3, 0.4) is 0 Å². The summed E-state index contributed by atoms with van der Waals surface area (Å²) >= 11 is 0. The van der Waals surface area contributed by atoms with Crippen molar-refractivity contribution in [2.75, 3.05) is 9.80 Å². The minimum atomic E-state index is -0.645. The van der Waals surface area contributed by atoms with E-state index in [-0.39, 0.29) is 0 Å². The lowest BCUT2D eigenvalue weighted by Gasteiger charge is -2.36. The molecule has 318 valence electrons. The molecule has 0 bridgehead atoms. The average molecular weight is 866 g/mol. The highest BCUT2D eigenvalue weighted by atomic mass is 15.2. The average Bonchev–Trinajstić information content (AvgIpc) is 4.02. The van der Waals surface area contributed by atoms with Crippen molar-refractivity contribution in [2.24, 2.45) is 0 Å². The van der Waals surface area contributed by atoms with Crippen LogP contribution in [-0.2, 0) is 5.41 Å². The van der Waals surface area contributed by atoms with Crippen LogP contribution in [0.4, 0.5) is 34.1 Å². The first-order valence-electron chi connectivity index (χ1n) is 23.5. The Labute approximate surface area is 395 Å². The molecule has 68 heavy (non-hydrogen) atoms. The number of aromatic nitrogens is 1. The third kappa shape index (κ3) is 5.41. The first kappa shape index (κ1) is 38.4. The van der Waals surface area contributed by atoms with Crippen LogP contribution in [0.15, 0.2) is 261 Å². The van der Waals surface area contributed by atoms with Gasteiger partial charge in [-0.25, -0.2) is 0 Å². The van der Waals surface area contributed by atoms with Gasteiger partial charge >= 0.3 is 0 Å². The van der Waals surface area contributed by atoms with Crippen LogP contribution in [0.1, 0.15) is 22.3 Å². The zero-order valence-electron chi connectivity index (χ0n) is 37.2. The van der Waals surface area contributed by atoms with Gasteiger partial charge in [0.15, 0.2) is 0 Å². The molecule has 11 aromatic carbocycles. The second-order valence-corrected chi connectivity index (χ2v) is 18.0. The third-order valence-corrected chi connectivity index (χ3v) is 14.5. The van der Waals surface area contributed by atoms with E-state index in [2.05, 4.69) is 275 Å². The summed E-state index contributed by atoms with van der Waals surface area (Å²) in [5.41, 5.74) is 19.8. The van der Waals surface area contributed by atoms with Gasteiger partial charge in [-0.3, -0.25) is 0 Å². The van der Waals surface area contributed by atoms with E-state index < -0.39 is 5.41 Å². The summed E-state index contributed by atoms with van der Waals surface area (Å²) in [6.45, 7) is 0. The maximum Gasteiger partial charge on any atom is 0.0746 e. The van der Waals surface area contributed by atoms with E-state index in [1.54, 1.807) is 0 Å². The Bertz CT molecular complexity index is 3920. The summed E-state index contributed by atoms with van der Waals surface area (Å²) in [6, 6.07) is 96.2. The van der Waals surface area contributed by atoms with Crippen molar-refractivity contribution in [1.82, 2.24) is 4.57 Å². The molecule has 0 saturated carbocycles. The molecular formula is C65H43N3. The molecular weight excluding hydrogens is 823 g/mol. The fourth-order valence-corrected chi connectivity index (χ4v) is 11.9. The summed E-state index contributed by atoms with van der Waals surface area (Å²) in [6.07, 6.45) is 0. The van der Waals surface area contributed by atoms with Crippen molar-refractivity contribution in [3.63, 3.8) is 0 Å². The molecule has 0 fully saturated rings. The van der Waals surface area contributed by atoms with Crippen molar-refractivity contribution in [3.05, 3.63) is 283 Å². The summed E-state index contributed by atoms with van der Waals surface area (Å²) in [7, 11) is 0. The minimum Gasteiger partial charge on any atom is -0.310 e. The molecule has 1 spiro atoms. The summed E-state index contributed by atoms with van der Waals surface area (Å²) < 4.78 is 2.42. The topological polar surface area (TPSA) is 11.4 Å². The van der Waals surface area contributed by atoms with Crippen LogP contribution in [0, 0.1) is 0 Å². The molecule has 3 nitrogen and oxygen atoms in total. The van der Waals surface area contributed by atoms with Gasteiger partial charge < -0.3 is 14.4 Å². The fraction of sp³-hybridized carbons (Fsp3) is 0.0154. The van der Waals surface area contributed by atoms with Gasteiger partial charge in [0.1, 0.15) is 0 Å². The molecule has 0 radical (unpaired) electrons. The van der Waals surface area contributed by atoms with Crippen LogP contribution in [-0.4, -0.2) is 4.57 Å². The summed E-state index contributed by atoms with van der Waals surface area (Å²) in [4.78, 5) is 5.00. The third-order valence-electron chi connectivity index (χ3n) is 14.5. The summed E-state index contributed by atoms with van der Waals surface area (Å²) in [5, 5.41) is 4.88. The van der Waals surface area contributed by atoms with Crippen LogP contribution >= 0.6 is 0 Å². The van der Waals surface area contributed by atoms with Gasteiger partial charge in [0, 0.05) is 50.0 Å². The molecule has 3 heteroatoms. The van der Waals surface area contributed by atoms with Crippen molar-refractivity contribution in [2.45, 2.75) is 5.41 Å². The lowest BCUT2D eigenvalue weighted by Crippen LogP contribution is -2.28. The largest absolute Gasteiger partial charge is 0.310 e. The van der Waals surface area contributed by atoms with Crippen LogP contribution < -0.4 is 9.80 Å². The number of anilines is 6. The molecule has 2 aliphatic rings. The van der Waals surface area contributed by atoms with Gasteiger partial charge in [0.05, 0.1) is 33.5 Å². The Morgan fingerprint density at radius 3 is 1.63 bits per heavy atom. The second kappa shape index (κ2) is 15.1. The smallest absolute Gasteiger partial charge is 0.0746 e.